The number of carboxylic acids is 1. The average Bonchev–Trinajstić information content (AvgIpc) is 2.88. The molecule has 0 amide bonds. The highest BCUT2D eigenvalue weighted by molar-refractivity contribution is 7.13. The Balaban J connectivity index is 1.98. The second-order valence-electron chi connectivity index (χ2n) is 4.80. The van der Waals surface area contributed by atoms with Crippen LogP contribution in [0.1, 0.15) is 12.6 Å². The summed E-state index contributed by atoms with van der Waals surface area (Å²) >= 11 is 1.55. The Bertz CT molecular complexity index is 571. The zero-order valence-electron chi connectivity index (χ0n) is 11.5. The van der Waals surface area contributed by atoms with Gasteiger partial charge in [0, 0.05) is 24.7 Å². The Morgan fingerprint density at radius 2 is 2.30 bits per heavy atom. The number of hydrogen-bond acceptors (Lipinski definition) is 5. The van der Waals surface area contributed by atoms with E-state index < -0.39 is 5.97 Å². The fraction of sp³-hybridized carbons (Fsp3) is 0.357. The molecule has 2 rings (SSSR count). The van der Waals surface area contributed by atoms with E-state index in [0.717, 1.165) is 16.4 Å². The minimum Gasteiger partial charge on any atom is -0.481 e. The maximum Gasteiger partial charge on any atom is 0.307 e. The number of rotatable bonds is 6. The second-order valence-corrected chi connectivity index (χ2v) is 5.65. The van der Waals surface area contributed by atoms with E-state index in [2.05, 4.69) is 9.97 Å². The number of carbonyl (C=O) groups is 1. The first-order valence-electron chi connectivity index (χ1n) is 6.33. The summed E-state index contributed by atoms with van der Waals surface area (Å²) < 4.78 is 0. The summed E-state index contributed by atoms with van der Waals surface area (Å²) in [6, 6.07) is 5.74. The summed E-state index contributed by atoms with van der Waals surface area (Å²) in [7, 11) is 1.90. The number of pyridine rings is 1. The van der Waals surface area contributed by atoms with Crippen LogP contribution >= 0.6 is 11.3 Å². The Kier molecular flexibility index (Phi) is 4.81. The van der Waals surface area contributed by atoms with E-state index in [-0.39, 0.29) is 5.92 Å². The molecule has 1 unspecified atom stereocenters. The van der Waals surface area contributed by atoms with Crippen molar-refractivity contribution in [2.45, 2.75) is 13.5 Å². The molecule has 0 bridgehead atoms. The summed E-state index contributed by atoms with van der Waals surface area (Å²) in [5, 5.41) is 11.8. The van der Waals surface area contributed by atoms with Gasteiger partial charge in [0.2, 0.25) is 0 Å². The van der Waals surface area contributed by atoms with Gasteiger partial charge in [-0.15, -0.1) is 11.3 Å². The van der Waals surface area contributed by atoms with Gasteiger partial charge in [-0.3, -0.25) is 14.7 Å². The SMILES string of the molecule is CC(CN(C)Cc1csc(-c2ccccn2)n1)C(=O)O. The lowest BCUT2D eigenvalue weighted by molar-refractivity contribution is -0.141. The zero-order valence-corrected chi connectivity index (χ0v) is 12.3. The molecule has 6 heteroatoms. The van der Waals surface area contributed by atoms with Gasteiger partial charge in [-0.05, 0) is 19.2 Å². The van der Waals surface area contributed by atoms with Gasteiger partial charge in [-0.1, -0.05) is 13.0 Å². The lowest BCUT2D eigenvalue weighted by atomic mass is 10.2. The van der Waals surface area contributed by atoms with E-state index in [1.54, 1.807) is 24.5 Å². The van der Waals surface area contributed by atoms with Crippen LogP contribution in [-0.4, -0.2) is 39.5 Å². The first kappa shape index (κ1) is 14.6. The van der Waals surface area contributed by atoms with Crippen molar-refractivity contribution in [3.05, 3.63) is 35.5 Å². The zero-order chi connectivity index (χ0) is 14.5. The highest BCUT2D eigenvalue weighted by Crippen LogP contribution is 2.21. The van der Waals surface area contributed by atoms with Crippen LogP contribution in [0.4, 0.5) is 0 Å². The van der Waals surface area contributed by atoms with E-state index in [4.69, 9.17) is 5.11 Å². The quantitative estimate of drug-likeness (QED) is 0.885. The fourth-order valence-corrected chi connectivity index (χ4v) is 2.66. The van der Waals surface area contributed by atoms with E-state index in [9.17, 15) is 4.79 Å². The molecule has 0 aliphatic heterocycles. The molecule has 0 saturated heterocycles. The third-order valence-corrected chi connectivity index (χ3v) is 3.79. The predicted octanol–water partition coefficient (Wildman–Crippen LogP) is 2.36. The minimum absolute atomic E-state index is 0.381. The van der Waals surface area contributed by atoms with Gasteiger partial charge in [0.25, 0.3) is 0 Å². The molecule has 0 aliphatic rings. The van der Waals surface area contributed by atoms with Crippen molar-refractivity contribution >= 4 is 17.3 Å². The predicted molar refractivity (Wildman–Crippen MR) is 78.5 cm³/mol. The van der Waals surface area contributed by atoms with Crippen molar-refractivity contribution < 1.29 is 9.90 Å². The molecule has 0 aromatic carbocycles. The van der Waals surface area contributed by atoms with Crippen molar-refractivity contribution in [2.24, 2.45) is 5.92 Å². The molecule has 2 aromatic heterocycles. The van der Waals surface area contributed by atoms with Gasteiger partial charge in [0.05, 0.1) is 17.3 Å². The van der Waals surface area contributed by atoms with Gasteiger partial charge in [-0.25, -0.2) is 4.98 Å². The minimum atomic E-state index is -0.774. The molecule has 0 saturated carbocycles. The molecule has 1 N–H and O–H groups in total. The molecule has 20 heavy (non-hydrogen) atoms. The molecule has 5 nitrogen and oxygen atoms in total. The van der Waals surface area contributed by atoms with E-state index in [0.29, 0.717) is 13.1 Å². The van der Waals surface area contributed by atoms with Crippen LogP contribution in [0.2, 0.25) is 0 Å². The number of aliphatic carboxylic acids is 1. The summed E-state index contributed by atoms with van der Waals surface area (Å²) in [6.45, 7) is 2.85. The van der Waals surface area contributed by atoms with Crippen molar-refractivity contribution in [1.82, 2.24) is 14.9 Å². The Morgan fingerprint density at radius 3 is 2.95 bits per heavy atom. The molecule has 0 aliphatic carbocycles. The van der Waals surface area contributed by atoms with Crippen LogP contribution in [0.5, 0.6) is 0 Å². The monoisotopic (exact) mass is 291 g/mol. The average molecular weight is 291 g/mol. The number of thiazole rings is 1. The highest BCUT2D eigenvalue weighted by atomic mass is 32.1. The van der Waals surface area contributed by atoms with Crippen LogP contribution in [0, 0.1) is 5.92 Å². The molecule has 0 radical (unpaired) electrons. The van der Waals surface area contributed by atoms with Crippen LogP contribution in [0.25, 0.3) is 10.7 Å². The largest absolute Gasteiger partial charge is 0.481 e. The molecule has 0 fully saturated rings. The molecule has 2 aromatic rings. The summed E-state index contributed by atoms with van der Waals surface area (Å²) in [5.41, 5.74) is 1.81. The lowest BCUT2D eigenvalue weighted by Gasteiger charge is -2.17. The molecular weight excluding hydrogens is 274 g/mol. The number of carboxylic acid groups (broad SMARTS) is 1. The van der Waals surface area contributed by atoms with E-state index in [1.807, 2.05) is 35.5 Å². The smallest absolute Gasteiger partial charge is 0.307 e. The maximum absolute atomic E-state index is 10.8. The first-order valence-corrected chi connectivity index (χ1v) is 7.21. The van der Waals surface area contributed by atoms with Crippen LogP contribution in [-0.2, 0) is 11.3 Å². The van der Waals surface area contributed by atoms with Crippen molar-refractivity contribution in [3.8, 4) is 10.7 Å². The number of aromatic nitrogens is 2. The number of nitrogens with zero attached hydrogens (tertiary/aromatic N) is 3. The van der Waals surface area contributed by atoms with Crippen LogP contribution < -0.4 is 0 Å². The normalized spacial score (nSPS) is 12.6. The van der Waals surface area contributed by atoms with Gasteiger partial charge >= 0.3 is 5.97 Å². The summed E-state index contributed by atoms with van der Waals surface area (Å²) in [5.74, 6) is -1.15. The van der Waals surface area contributed by atoms with Crippen molar-refractivity contribution in [2.75, 3.05) is 13.6 Å². The molecule has 106 valence electrons. The standard InChI is InChI=1S/C14H17N3O2S/c1-10(14(18)19)7-17(2)8-11-9-20-13(16-11)12-5-3-4-6-15-12/h3-6,9-10H,7-8H2,1-2H3,(H,18,19). The molecule has 2 heterocycles. The lowest BCUT2D eigenvalue weighted by Crippen LogP contribution is -2.28. The van der Waals surface area contributed by atoms with Crippen molar-refractivity contribution in [1.29, 1.82) is 0 Å². The molecule has 0 spiro atoms. The Hall–Kier alpha value is -1.79. The summed E-state index contributed by atoms with van der Waals surface area (Å²) in [6.07, 6.45) is 1.75. The third kappa shape index (κ3) is 3.85. The van der Waals surface area contributed by atoms with Crippen LogP contribution in [0.15, 0.2) is 29.8 Å². The molecule has 1 atom stereocenters. The van der Waals surface area contributed by atoms with E-state index in [1.165, 1.54) is 0 Å². The van der Waals surface area contributed by atoms with Gasteiger partial charge in [-0.2, -0.15) is 0 Å². The third-order valence-electron chi connectivity index (χ3n) is 2.87. The van der Waals surface area contributed by atoms with E-state index >= 15 is 0 Å². The topological polar surface area (TPSA) is 66.3 Å². The Labute approximate surface area is 121 Å². The Morgan fingerprint density at radius 1 is 1.50 bits per heavy atom. The highest BCUT2D eigenvalue weighted by Gasteiger charge is 2.14. The summed E-state index contributed by atoms with van der Waals surface area (Å²) in [4.78, 5) is 21.6. The first-order chi connectivity index (χ1) is 9.56. The molecular formula is C14H17N3O2S. The second kappa shape index (κ2) is 6.58. The van der Waals surface area contributed by atoms with Gasteiger partial charge < -0.3 is 5.11 Å². The number of hydrogen-bond donors (Lipinski definition) is 1. The van der Waals surface area contributed by atoms with Gasteiger partial charge in [0.15, 0.2) is 0 Å². The fourth-order valence-electron chi connectivity index (χ4n) is 1.87. The maximum atomic E-state index is 10.8. The van der Waals surface area contributed by atoms with Crippen LogP contribution in [0.3, 0.4) is 0 Å². The van der Waals surface area contributed by atoms with Crippen molar-refractivity contribution in [3.63, 3.8) is 0 Å². The van der Waals surface area contributed by atoms with Gasteiger partial charge in [0.1, 0.15) is 5.01 Å².